The third kappa shape index (κ3) is 6.72. The van der Waals surface area contributed by atoms with Crippen LogP contribution >= 0.6 is 35.0 Å². The lowest BCUT2D eigenvalue weighted by molar-refractivity contribution is -0.119. The normalized spacial score (nSPS) is 11.2. The Balaban J connectivity index is 1.88. The second-order valence-corrected chi connectivity index (χ2v) is 9.35. The van der Waals surface area contributed by atoms with E-state index in [0.717, 1.165) is 15.5 Å². The molecule has 26 heavy (non-hydrogen) atoms. The van der Waals surface area contributed by atoms with Crippen molar-refractivity contribution >= 4 is 56.6 Å². The van der Waals surface area contributed by atoms with E-state index < -0.39 is 10.0 Å². The van der Waals surface area contributed by atoms with Crippen LogP contribution in [0.5, 0.6) is 0 Å². The summed E-state index contributed by atoms with van der Waals surface area (Å²) in [6.45, 7) is 0.115. The van der Waals surface area contributed by atoms with Crippen molar-refractivity contribution in [1.82, 2.24) is 5.32 Å². The highest BCUT2D eigenvalue weighted by atomic mass is 35.5. The third-order valence-corrected chi connectivity index (χ3v) is 5.93. The first kappa shape index (κ1) is 20.9. The lowest BCUT2D eigenvalue weighted by Gasteiger charge is -2.22. The number of hydrogen-bond donors (Lipinski definition) is 1. The van der Waals surface area contributed by atoms with Gasteiger partial charge in [-0.15, -0.1) is 11.8 Å². The fraction of sp³-hybridized carbons (Fsp3) is 0.235. The first-order chi connectivity index (χ1) is 12.3. The molecule has 0 saturated carbocycles. The Labute approximate surface area is 167 Å². The predicted molar refractivity (Wildman–Crippen MR) is 109 cm³/mol. The highest BCUT2D eigenvalue weighted by Gasteiger charge is 2.20. The van der Waals surface area contributed by atoms with Crippen molar-refractivity contribution in [3.8, 4) is 0 Å². The van der Waals surface area contributed by atoms with Crippen molar-refractivity contribution in [2.45, 2.75) is 4.90 Å². The molecule has 0 atom stereocenters. The second-order valence-electron chi connectivity index (χ2n) is 5.40. The highest BCUT2D eigenvalue weighted by Crippen LogP contribution is 2.22. The van der Waals surface area contributed by atoms with Gasteiger partial charge in [0, 0.05) is 27.2 Å². The van der Waals surface area contributed by atoms with Crippen molar-refractivity contribution in [1.29, 1.82) is 0 Å². The minimum Gasteiger partial charge on any atom is -0.354 e. The molecule has 0 aliphatic heterocycles. The van der Waals surface area contributed by atoms with Crippen molar-refractivity contribution in [2.75, 3.05) is 29.4 Å². The van der Waals surface area contributed by atoms with Crippen LogP contribution < -0.4 is 9.62 Å². The van der Waals surface area contributed by atoms with Crippen LogP contribution in [-0.2, 0) is 14.8 Å². The van der Waals surface area contributed by atoms with Crippen LogP contribution in [0.15, 0.2) is 53.4 Å². The standard InChI is InChI=1S/C17H18Cl2N2O3S2/c1-26(23,24)21(15-4-2-3-14(19)11-15)12-17(22)20-9-10-25-16-7-5-13(18)6-8-16/h2-8,11H,9-10,12H2,1H3,(H,20,22). The molecule has 2 rings (SSSR count). The lowest BCUT2D eigenvalue weighted by Crippen LogP contribution is -2.41. The molecule has 0 spiro atoms. The Bertz CT molecular complexity index is 859. The molecule has 0 radical (unpaired) electrons. The van der Waals surface area contributed by atoms with Crippen LogP contribution in [-0.4, -0.2) is 39.4 Å². The quantitative estimate of drug-likeness (QED) is 0.510. The fourth-order valence-corrected chi connectivity index (χ4v) is 4.03. The zero-order valence-electron chi connectivity index (χ0n) is 14.0. The summed E-state index contributed by atoms with van der Waals surface area (Å²) < 4.78 is 25.0. The van der Waals surface area contributed by atoms with Gasteiger partial charge in [-0.05, 0) is 42.5 Å². The van der Waals surface area contributed by atoms with E-state index >= 15 is 0 Å². The molecule has 0 aliphatic rings. The summed E-state index contributed by atoms with van der Waals surface area (Å²) in [5, 5.41) is 3.80. The molecule has 0 unspecified atom stereocenters. The average Bonchev–Trinajstić information content (AvgIpc) is 2.57. The van der Waals surface area contributed by atoms with E-state index in [2.05, 4.69) is 5.32 Å². The van der Waals surface area contributed by atoms with E-state index in [-0.39, 0.29) is 12.5 Å². The van der Waals surface area contributed by atoms with Gasteiger partial charge in [-0.3, -0.25) is 9.10 Å². The van der Waals surface area contributed by atoms with E-state index in [1.807, 2.05) is 12.1 Å². The molecule has 2 aromatic rings. The lowest BCUT2D eigenvalue weighted by atomic mass is 10.3. The topological polar surface area (TPSA) is 66.5 Å². The number of carbonyl (C=O) groups is 1. The highest BCUT2D eigenvalue weighted by molar-refractivity contribution is 7.99. The summed E-state index contributed by atoms with van der Waals surface area (Å²) in [5.74, 6) is 0.274. The summed E-state index contributed by atoms with van der Waals surface area (Å²) in [6, 6.07) is 13.8. The molecule has 5 nitrogen and oxygen atoms in total. The molecule has 0 bridgehead atoms. The number of anilines is 1. The van der Waals surface area contributed by atoms with Crippen molar-refractivity contribution in [3.63, 3.8) is 0 Å². The minimum absolute atomic E-state index is 0.301. The molecule has 0 fully saturated rings. The van der Waals surface area contributed by atoms with Gasteiger partial charge in [0.25, 0.3) is 0 Å². The number of thioether (sulfide) groups is 1. The zero-order chi connectivity index (χ0) is 19.2. The van der Waals surface area contributed by atoms with E-state index in [1.165, 1.54) is 6.07 Å². The van der Waals surface area contributed by atoms with E-state index in [0.29, 0.717) is 28.0 Å². The van der Waals surface area contributed by atoms with Crippen LogP contribution in [0.2, 0.25) is 10.0 Å². The van der Waals surface area contributed by atoms with Gasteiger partial charge in [-0.1, -0.05) is 29.3 Å². The van der Waals surface area contributed by atoms with Crippen molar-refractivity contribution < 1.29 is 13.2 Å². The maximum Gasteiger partial charge on any atom is 0.240 e. The van der Waals surface area contributed by atoms with Crippen molar-refractivity contribution in [2.24, 2.45) is 0 Å². The van der Waals surface area contributed by atoms with Gasteiger partial charge in [0.2, 0.25) is 15.9 Å². The number of nitrogens with one attached hydrogen (secondary N) is 1. The number of nitrogens with zero attached hydrogens (tertiary/aromatic N) is 1. The summed E-state index contributed by atoms with van der Waals surface area (Å²) in [7, 11) is -3.61. The number of sulfonamides is 1. The first-order valence-corrected chi connectivity index (χ1v) is 11.2. The van der Waals surface area contributed by atoms with Crippen molar-refractivity contribution in [3.05, 3.63) is 58.6 Å². The van der Waals surface area contributed by atoms with Crippen LogP contribution in [0.4, 0.5) is 5.69 Å². The number of halogens is 2. The summed E-state index contributed by atoms with van der Waals surface area (Å²) >= 11 is 13.3. The summed E-state index contributed by atoms with van der Waals surface area (Å²) in [6.07, 6.45) is 1.05. The molecule has 0 aliphatic carbocycles. The number of rotatable bonds is 8. The Morgan fingerprint density at radius 1 is 1.12 bits per heavy atom. The predicted octanol–water partition coefficient (Wildman–Crippen LogP) is 3.67. The molecule has 0 saturated heterocycles. The number of carbonyl (C=O) groups excluding carboxylic acids is 1. The summed E-state index contributed by atoms with van der Waals surface area (Å²) in [4.78, 5) is 13.2. The smallest absolute Gasteiger partial charge is 0.240 e. The van der Waals surface area contributed by atoms with Gasteiger partial charge in [-0.25, -0.2) is 8.42 Å². The molecule has 0 heterocycles. The van der Waals surface area contributed by atoms with Gasteiger partial charge in [0.15, 0.2) is 0 Å². The van der Waals surface area contributed by atoms with E-state index in [4.69, 9.17) is 23.2 Å². The van der Waals surface area contributed by atoms with Crippen LogP contribution in [0.3, 0.4) is 0 Å². The molecular weight excluding hydrogens is 415 g/mol. The number of benzene rings is 2. The van der Waals surface area contributed by atoms with Gasteiger partial charge in [-0.2, -0.15) is 0 Å². The maximum atomic E-state index is 12.1. The van der Waals surface area contributed by atoms with Gasteiger partial charge >= 0.3 is 0 Å². The van der Waals surface area contributed by atoms with Crippen LogP contribution in [0, 0.1) is 0 Å². The Morgan fingerprint density at radius 3 is 2.42 bits per heavy atom. The largest absolute Gasteiger partial charge is 0.354 e. The Morgan fingerprint density at radius 2 is 1.81 bits per heavy atom. The summed E-state index contributed by atoms with van der Waals surface area (Å²) in [5.41, 5.74) is 0.352. The van der Waals surface area contributed by atoms with Crippen LogP contribution in [0.1, 0.15) is 0 Å². The Hall–Kier alpha value is -1.41. The third-order valence-electron chi connectivity index (χ3n) is 3.29. The minimum atomic E-state index is -3.61. The molecule has 1 amide bonds. The second kappa shape index (κ2) is 9.50. The maximum absolute atomic E-state index is 12.1. The van der Waals surface area contributed by atoms with Gasteiger partial charge in [0.1, 0.15) is 6.54 Å². The number of amides is 1. The van der Waals surface area contributed by atoms with E-state index in [1.54, 1.807) is 42.1 Å². The average molecular weight is 433 g/mol. The molecule has 0 aromatic heterocycles. The molecule has 140 valence electrons. The molecular formula is C17H18Cl2N2O3S2. The van der Waals surface area contributed by atoms with E-state index in [9.17, 15) is 13.2 Å². The molecule has 9 heteroatoms. The van der Waals surface area contributed by atoms with Gasteiger partial charge in [0.05, 0.1) is 11.9 Å². The number of hydrogen-bond acceptors (Lipinski definition) is 4. The zero-order valence-corrected chi connectivity index (χ0v) is 17.1. The molecule has 1 N–H and O–H groups in total. The fourth-order valence-electron chi connectivity index (χ4n) is 2.11. The van der Waals surface area contributed by atoms with Gasteiger partial charge < -0.3 is 5.32 Å². The SMILES string of the molecule is CS(=O)(=O)N(CC(=O)NCCSc1ccc(Cl)cc1)c1cccc(Cl)c1. The monoisotopic (exact) mass is 432 g/mol. The molecule has 2 aromatic carbocycles. The first-order valence-electron chi connectivity index (χ1n) is 7.64. The Kier molecular flexibility index (Phi) is 7.64. The van der Waals surface area contributed by atoms with Crippen LogP contribution in [0.25, 0.3) is 0 Å².